The van der Waals surface area contributed by atoms with Crippen LogP contribution in [-0.2, 0) is 0 Å². The molecule has 126 valence electrons. The SMILES string of the molecule is CCOc1ccc(C(=O)N2CCN(c3ncccn3)CC2)cc1Cl. The third-order valence-electron chi connectivity index (χ3n) is 3.88. The fourth-order valence-corrected chi connectivity index (χ4v) is 2.89. The third kappa shape index (κ3) is 3.59. The van der Waals surface area contributed by atoms with Gasteiger partial charge >= 0.3 is 0 Å². The first-order valence-corrected chi connectivity index (χ1v) is 8.30. The molecular weight excluding hydrogens is 328 g/mol. The third-order valence-corrected chi connectivity index (χ3v) is 4.18. The monoisotopic (exact) mass is 346 g/mol. The van der Waals surface area contributed by atoms with Crippen molar-refractivity contribution in [3.63, 3.8) is 0 Å². The molecule has 0 saturated carbocycles. The number of carbonyl (C=O) groups excluding carboxylic acids is 1. The molecule has 0 aliphatic carbocycles. The Morgan fingerprint density at radius 3 is 2.54 bits per heavy atom. The molecule has 3 rings (SSSR count). The number of hydrogen-bond donors (Lipinski definition) is 0. The van der Waals surface area contributed by atoms with Crippen molar-refractivity contribution in [2.45, 2.75) is 6.92 Å². The van der Waals surface area contributed by atoms with Crippen LogP contribution in [0.1, 0.15) is 17.3 Å². The number of hydrogen-bond acceptors (Lipinski definition) is 5. The fourth-order valence-electron chi connectivity index (χ4n) is 2.65. The van der Waals surface area contributed by atoms with Gasteiger partial charge in [-0.3, -0.25) is 4.79 Å². The minimum atomic E-state index is -0.0198. The molecule has 1 fully saturated rings. The molecular formula is C17H19ClN4O2. The number of halogens is 1. The predicted molar refractivity (Wildman–Crippen MR) is 92.8 cm³/mol. The van der Waals surface area contributed by atoms with Crippen LogP contribution >= 0.6 is 11.6 Å². The van der Waals surface area contributed by atoms with Crippen LogP contribution in [0.2, 0.25) is 5.02 Å². The first-order valence-electron chi connectivity index (χ1n) is 7.92. The highest BCUT2D eigenvalue weighted by molar-refractivity contribution is 6.32. The molecule has 7 heteroatoms. The summed E-state index contributed by atoms with van der Waals surface area (Å²) < 4.78 is 5.40. The highest BCUT2D eigenvalue weighted by atomic mass is 35.5. The van der Waals surface area contributed by atoms with E-state index in [2.05, 4.69) is 14.9 Å². The first kappa shape index (κ1) is 16.5. The second-order valence-electron chi connectivity index (χ2n) is 5.41. The first-order chi connectivity index (χ1) is 11.7. The number of carbonyl (C=O) groups is 1. The number of nitrogens with zero attached hydrogens (tertiary/aromatic N) is 4. The number of ether oxygens (including phenoxy) is 1. The number of amides is 1. The van der Waals surface area contributed by atoms with Gasteiger partial charge in [0.15, 0.2) is 0 Å². The lowest BCUT2D eigenvalue weighted by molar-refractivity contribution is 0.0746. The Morgan fingerprint density at radius 1 is 1.21 bits per heavy atom. The van der Waals surface area contributed by atoms with E-state index in [1.54, 1.807) is 36.7 Å². The lowest BCUT2D eigenvalue weighted by Crippen LogP contribution is -2.49. The summed E-state index contributed by atoms with van der Waals surface area (Å²) in [6, 6.07) is 6.96. The van der Waals surface area contributed by atoms with Gasteiger partial charge in [-0.2, -0.15) is 0 Å². The summed E-state index contributed by atoms with van der Waals surface area (Å²) in [5, 5.41) is 0.457. The Balaban J connectivity index is 1.64. The van der Waals surface area contributed by atoms with E-state index in [9.17, 15) is 4.79 Å². The van der Waals surface area contributed by atoms with E-state index in [1.807, 2.05) is 11.8 Å². The van der Waals surface area contributed by atoms with Gasteiger partial charge in [0.25, 0.3) is 5.91 Å². The smallest absolute Gasteiger partial charge is 0.254 e. The summed E-state index contributed by atoms with van der Waals surface area (Å²) >= 11 is 6.17. The van der Waals surface area contributed by atoms with E-state index in [0.29, 0.717) is 55.1 Å². The van der Waals surface area contributed by atoms with Crippen molar-refractivity contribution < 1.29 is 9.53 Å². The summed E-state index contributed by atoms with van der Waals surface area (Å²) in [4.78, 5) is 25.0. The van der Waals surface area contributed by atoms with Gasteiger partial charge in [0.1, 0.15) is 5.75 Å². The molecule has 1 aromatic heterocycles. The largest absolute Gasteiger partial charge is 0.492 e. The quantitative estimate of drug-likeness (QED) is 0.851. The molecule has 6 nitrogen and oxygen atoms in total. The van der Waals surface area contributed by atoms with Crippen molar-refractivity contribution in [1.29, 1.82) is 0 Å². The lowest BCUT2D eigenvalue weighted by atomic mass is 10.1. The molecule has 1 saturated heterocycles. The van der Waals surface area contributed by atoms with Crippen LogP contribution in [0.3, 0.4) is 0 Å². The van der Waals surface area contributed by atoms with Gasteiger partial charge in [-0.25, -0.2) is 9.97 Å². The van der Waals surface area contributed by atoms with Crippen LogP contribution in [-0.4, -0.2) is 53.6 Å². The van der Waals surface area contributed by atoms with Crippen LogP contribution in [0.25, 0.3) is 0 Å². The molecule has 0 radical (unpaired) electrons. The Labute approximate surface area is 146 Å². The molecule has 0 spiro atoms. The summed E-state index contributed by atoms with van der Waals surface area (Å²) in [5.41, 5.74) is 0.577. The molecule has 0 N–H and O–H groups in total. The van der Waals surface area contributed by atoms with Crippen molar-refractivity contribution in [2.75, 3.05) is 37.7 Å². The normalized spacial score (nSPS) is 14.6. The van der Waals surface area contributed by atoms with Crippen molar-refractivity contribution in [1.82, 2.24) is 14.9 Å². The predicted octanol–water partition coefficient (Wildman–Crippen LogP) is 2.49. The average molecular weight is 347 g/mol. The van der Waals surface area contributed by atoms with E-state index < -0.39 is 0 Å². The Morgan fingerprint density at radius 2 is 1.92 bits per heavy atom. The van der Waals surface area contributed by atoms with Gasteiger partial charge in [-0.05, 0) is 31.2 Å². The number of aromatic nitrogens is 2. The molecule has 24 heavy (non-hydrogen) atoms. The number of piperazine rings is 1. The second kappa shape index (κ2) is 7.49. The van der Waals surface area contributed by atoms with Gasteiger partial charge in [0, 0.05) is 44.1 Å². The van der Waals surface area contributed by atoms with Crippen molar-refractivity contribution >= 4 is 23.5 Å². The van der Waals surface area contributed by atoms with Crippen molar-refractivity contribution in [3.8, 4) is 5.75 Å². The zero-order chi connectivity index (χ0) is 16.9. The Hall–Kier alpha value is -2.34. The summed E-state index contributed by atoms with van der Waals surface area (Å²) in [6.07, 6.45) is 3.45. The zero-order valence-corrected chi connectivity index (χ0v) is 14.2. The maximum absolute atomic E-state index is 12.6. The number of rotatable bonds is 4. The van der Waals surface area contributed by atoms with E-state index >= 15 is 0 Å². The summed E-state index contributed by atoms with van der Waals surface area (Å²) in [6.45, 7) is 5.10. The number of anilines is 1. The average Bonchev–Trinajstić information content (AvgIpc) is 2.64. The lowest BCUT2D eigenvalue weighted by Gasteiger charge is -2.34. The van der Waals surface area contributed by atoms with E-state index in [-0.39, 0.29) is 5.91 Å². The zero-order valence-electron chi connectivity index (χ0n) is 13.5. The molecule has 1 aromatic carbocycles. The van der Waals surface area contributed by atoms with E-state index in [0.717, 1.165) is 0 Å². The van der Waals surface area contributed by atoms with E-state index in [4.69, 9.17) is 16.3 Å². The summed E-state index contributed by atoms with van der Waals surface area (Å²) in [7, 11) is 0. The molecule has 1 aliphatic rings. The molecule has 2 aromatic rings. The van der Waals surface area contributed by atoms with Gasteiger partial charge in [0.05, 0.1) is 11.6 Å². The molecule has 0 atom stereocenters. The van der Waals surface area contributed by atoms with Gasteiger partial charge in [-0.15, -0.1) is 0 Å². The maximum atomic E-state index is 12.6. The Bertz CT molecular complexity index is 703. The second-order valence-corrected chi connectivity index (χ2v) is 5.81. The van der Waals surface area contributed by atoms with Gasteiger partial charge in [-0.1, -0.05) is 11.6 Å². The highest BCUT2D eigenvalue weighted by Gasteiger charge is 2.23. The van der Waals surface area contributed by atoms with Crippen LogP contribution < -0.4 is 9.64 Å². The molecule has 0 unspecified atom stereocenters. The molecule has 1 amide bonds. The van der Waals surface area contributed by atoms with Crippen LogP contribution in [0.4, 0.5) is 5.95 Å². The highest BCUT2D eigenvalue weighted by Crippen LogP contribution is 2.26. The van der Waals surface area contributed by atoms with Crippen LogP contribution in [0, 0.1) is 0 Å². The fraction of sp³-hybridized carbons (Fsp3) is 0.353. The standard InChI is InChI=1S/C17H19ClN4O2/c1-2-24-15-5-4-13(12-14(15)18)16(23)21-8-10-22(11-9-21)17-19-6-3-7-20-17/h3-7,12H,2,8-11H2,1H3. The summed E-state index contributed by atoms with van der Waals surface area (Å²) in [5.74, 6) is 1.28. The topological polar surface area (TPSA) is 58.6 Å². The molecule has 1 aliphatic heterocycles. The van der Waals surface area contributed by atoms with Gasteiger partial charge < -0.3 is 14.5 Å². The van der Waals surface area contributed by atoms with Crippen molar-refractivity contribution in [3.05, 3.63) is 47.2 Å². The Kier molecular flexibility index (Phi) is 5.15. The molecule has 0 bridgehead atoms. The van der Waals surface area contributed by atoms with Gasteiger partial charge in [0.2, 0.25) is 5.95 Å². The minimum Gasteiger partial charge on any atom is -0.492 e. The van der Waals surface area contributed by atoms with Crippen LogP contribution in [0.15, 0.2) is 36.7 Å². The maximum Gasteiger partial charge on any atom is 0.254 e. The van der Waals surface area contributed by atoms with Crippen LogP contribution in [0.5, 0.6) is 5.75 Å². The molecule has 2 heterocycles. The van der Waals surface area contributed by atoms with E-state index in [1.165, 1.54) is 0 Å². The van der Waals surface area contributed by atoms with Crippen molar-refractivity contribution in [2.24, 2.45) is 0 Å². The number of benzene rings is 1. The minimum absolute atomic E-state index is 0.0198.